The zero-order chi connectivity index (χ0) is 8.43. The van der Waals surface area contributed by atoms with E-state index in [1.807, 2.05) is 0 Å². The second kappa shape index (κ2) is 2.65. The van der Waals surface area contributed by atoms with Crippen molar-refractivity contribution in [2.75, 3.05) is 18.6 Å². The van der Waals surface area contributed by atoms with Crippen molar-refractivity contribution in [3.05, 3.63) is 17.9 Å². The molecule has 0 spiro atoms. The number of nitrogen functional groups attached to an aromatic ring is 2. The van der Waals surface area contributed by atoms with Gasteiger partial charge in [-0.1, -0.05) is 0 Å². The molecule has 1 aromatic rings. The number of benzene rings is 1. The van der Waals surface area contributed by atoms with Gasteiger partial charge in [0.25, 0.3) is 0 Å². The van der Waals surface area contributed by atoms with Crippen LogP contribution in [0, 0.1) is 5.82 Å². The molecular weight excluding hydrogens is 147 g/mol. The van der Waals surface area contributed by atoms with Crippen molar-refractivity contribution in [1.82, 2.24) is 0 Å². The van der Waals surface area contributed by atoms with Gasteiger partial charge < -0.3 is 16.2 Å². The largest absolute Gasteiger partial charge is 0.494 e. The predicted molar refractivity (Wildman–Crippen MR) is 41.8 cm³/mol. The van der Waals surface area contributed by atoms with Crippen LogP contribution in [0.2, 0.25) is 0 Å². The van der Waals surface area contributed by atoms with E-state index >= 15 is 0 Å². The van der Waals surface area contributed by atoms with Gasteiger partial charge in [-0.3, -0.25) is 0 Å². The Morgan fingerprint density at radius 3 is 2.55 bits per heavy atom. The Labute approximate surface area is 63.8 Å². The third-order valence-electron chi connectivity index (χ3n) is 1.39. The van der Waals surface area contributed by atoms with Crippen LogP contribution in [0.4, 0.5) is 15.8 Å². The molecule has 0 aromatic heterocycles. The number of rotatable bonds is 1. The minimum Gasteiger partial charge on any atom is -0.494 e. The molecule has 1 rings (SSSR count). The van der Waals surface area contributed by atoms with E-state index in [9.17, 15) is 4.39 Å². The van der Waals surface area contributed by atoms with E-state index < -0.39 is 5.82 Å². The third kappa shape index (κ3) is 1.19. The van der Waals surface area contributed by atoms with E-state index in [2.05, 4.69) is 0 Å². The zero-order valence-electron chi connectivity index (χ0n) is 6.10. The first-order valence-electron chi connectivity index (χ1n) is 3.04. The summed E-state index contributed by atoms with van der Waals surface area (Å²) in [6, 6.07) is 2.93. The Bertz CT molecular complexity index is 275. The van der Waals surface area contributed by atoms with Crippen molar-refractivity contribution in [2.45, 2.75) is 0 Å². The van der Waals surface area contributed by atoms with Gasteiger partial charge in [0.05, 0.1) is 12.8 Å². The lowest BCUT2D eigenvalue weighted by atomic mass is 10.2. The molecule has 0 aliphatic rings. The summed E-state index contributed by atoms with van der Waals surface area (Å²) < 4.78 is 17.6. The van der Waals surface area contributed by atoms with Crippen molar-refractivity contribution in [3.63, 3.8) is 0 Å². The van der Waals surface area contributed by atoms with Crippen LogP contribution < -0.4 is 16.2 Å². The lowest BCUT2D eigenvalue weighted by Gasteiger charge is -2.05. The molecule has 1 aromatic carbocycles. The lowest BCUT2D eigenvalue weighted by Crippen LogP contribution is -1.99. The molecule has 0 amide bonds. The maximum atomic E-state index is 12.8. The Kier molecular flexibility index (Phi) is 1.85. The van der Waals surface area contributed by atoms with E-state index in [1.165, 1.54) is 19.2 Å². The molecule has 0 saturated carbocycles. The summed E-state index contributed by atoms with van der Waals surface area (Å²) in [6.45, 7) is 0. The Morgan fingerprint density at radius 1 is 1.36 bits per heavy atom. The van der Waals surface area contributed by atoms with E-state index in [0.29, 0.717) is 5.75 Å². The highest BCUT2D eigenvalue weighted by molar-refractivity contribution is 5.62. The summed E-state index contributed by atoms with van der Waals surface area (Å²) in [6.07, 6.45) is 0. The quantitative estimate of drug-likeness (QED) is 0.596. The van der Waals surface area contributed by atoms with Crippen molar-refractivity contribution < 1.29 is 9.13 Å². The molecule has 60 valence electrons. The van der Waals surface area contributed by atoms with Crippen molar-refractivity contribution in [3.8, 4) is 5.75 Å². The molecule has 0 atom stereocenters. The summed E-state index contributed by atoms with van der Waals surface area (Å²) in [5, 5.41) is 0. The molecule has 3 nitrogen and oxygen atoms in total. The van der Waals surface area contributed by atoms with E-state index in [0.717, 1.165) is 0 Å². The van der Waals surface area contributed by atoms with Gasteiger partial charge in [-0.25, -0.2) is 4.39 Å². The maximum Gasteiger partial charge on any atom is 0.172 e. The highest BCUT2D eigenvalue weighted by Crippen LogP contribution is 2.27. The van der Waals surface area contributed by atoms with E-state index in [-0.39, 0.29) is 11.4 Å². The number of hydrogen-bond donors (Lipinski definition) is 2. The molecule has 0 unspecified atom stereocenters. The Hall–Kier alpha value is -1.45. The van der Waals surface area contributed by atoms with Crippen molar-refractivity contribution in [1.29, 1.82) is 0 Å². The summed E-state index contributed by atoms with van der Waals surface area (Å²) in [7, 11) is 1.42. The minimum atomic E-state index is -0.621. The SMILES string of the molecule is COc1ccc(N)c(F)c1N. The van der Waals surface area contributed by atoms with Gasteiger partial charge in [-0.15, -0.1) is 0 Å². The van der Waals surface area contributed by atoms with E-state index in [4.69, 9.17) is 16.2 Å². The second-order valence-corrected chi connectivity index (χ2v) is 2.08. The van der Waals surface area contributed by atoms with Crippen LogP contribution in [0.1, 0.15) is 0 Å². The molecule has 0 aliphatic heterocycles. The zero-order valence-corrected chi connectivity index (χ0v) is 6.10. The van der Waals surface area contributed by atoms with Gasteiger partial charge in [0.15, 0.2) is 5.82 Å². The molecule has 0 bridgehead atoms. The molecule has 0 radical (unpaired) electrons. The summed E-state index contributed by atoms with van der Waals surface area (Å²) in [5.41, 5.74) is 10.5. The predicted octanol–water partition coefficient (Wildman–Crippen LogP) is 0.999. The number of nitrogens with two attached hydrogens (primary N) is 2. The third-order valence-corrected chi connectivity index (χ3v) is 1.39. The number of methoxy groups -OCH3 is 1. The van der Waals surface area contributed by atoms with Gasteiger partial charge in [0.2, 0.25) is 0 Å². The summed E-state index contributed by atoms with van der Waals surface area (Å²) in [5.74, 6) is -0.318. The normalized spacial score (nSPS) is 9.64. The smallest absolute Gasteiger partial charge is 0.172 e. The van der Waals surface area contributed by atoms with Gasteiger partial charge in [0, 0.05) is 0 Å². The van der Waals surface area contributed by atoms with Gasteiger partial charge in [-0.2, -0.15) is 0 Å². The molecule has 0 heterocycles. The number of halogens is 1. The first kappa shape index (κ1) is 7.65. The molecule has 11 heavy (non-hydrogen) atoms. The number of ether oxygens (including phenoxy) is 1. The highest BCUT2D eigenvalue weighted by atomic mass is 19.1. The molecule has 4 heteroatoms. The first-order valence-corrected chi connectivity index (χ1v) is 3.04. The number of hydrogen-bond acceptors (Lipinski definition) is 3. The lowest BCUT2D eigenvalue weighted by molar-refractivity contribution is 0.414. The average molecular weight is 156 g/mol. The molecule has 0 fully saturated rings. The first-order chi connectivity index (χ1) is 5.16. The topological polar surface area (TPSA) is 61.3 Å². The monoisotopic (exact) mass is 156 g/mol. The van der Waals surface area contributed by atoms with Crippen molar-refractivity contribution >= 4 is 11.4 Å². The fourth-order valence-electron chi connectivity index (χ4n) is 0.770. The fourth-order valence-corrected chi connectivity index (χ4v) is 0.770. The minimum absolute atomic E-state index is 0.0308. The van der Waals surface area contributed by atoms with Crippen LogP contribution in [-0.2, 0) is 0 Å². The molecular formula is C7H9FN2O. The van der Waals surface area contributed by atoms with Crippen LogP contribution in [0.15, 0.2) is 12.1 Å². The van der Waals surface area contributed by atoms with Crippen LogP contribution in [-0.4, -0.2) is 7.11 Å². The highest BCUT2D eigenvalue weighted by Gasteiger charge is 2.07. The fraction of sp³-hybridized carbons (Fsp3) is 0.143. The average Bonchev–Trinajstić information content (AvgIpc) is 2.01. The molecule has 0 saturated heterocycles. The van der Waals surface area contributed by atoms with Gasteiger partial charge >= 0.3 is 0 Å². The second-order valence-electron chi connectivity index (χ2n) is 2.08. The maximum absolute atomic E-state index is 12.8. The van der Waals surface area contributed by atoms with Crippen molar-refractivity contribution in [2.24, 2.45) is 0 Å². The van der Waals surface area contributed by atoms with Gasteiger partial charge in [0.1, 0.15) is 11.4 Å². The number of anilines is 2. The molecule has 0 aliphatic carbocycles. The van der Waals surface area contributed by atoms with Crippen LogP contribution in [0.5, 0.6) is 5.75 Å². The molecule has 4 N–H and O–H groups in total. The van der Waals surface area contributed by atoms with E-state index in [1.54, 1.807) is 0 Å². The standard InChI is InChI=1S/C7H9FN2O/c1-11-5-3-2-4(9)6(8)7(5)10/h2-3H,9-10H2,1H3. The Morgan fingerprint density at radius 2 is 2.00 bits per heavy atom. The summed E-state index contributed by atoms with van der Waals surface area (Å²) in [4.78, 5) is 0. The van der Waals surface area contributed by atoms with Gasteiger partial charge in [-0.05, 0) is 12.1 Å². The van der Waals surface area contributed by atoms with Crippen LogP contribution >= 0.6 is 0 Å². The Balaban J connectivity index is 3.25. The summed E-state index contributed by atoms with van der Waals surface area (Å²) >= 11 is 0. The van der Waals surface area contributed by atoms with Crippen LogP contribution in [0.25, 0.3) is 0 Å². The van der Waals surface area contributed by atoms with Crippen LogP contribution in [0.3, 0.4) is 0 Å².